The molecule has 0 aliphatic carbocycles. The number of aromatic nitrogens is 3. The molecule has 4 aromatic rings. The zero-order chi connectivity index (χ0) is 19.8. The fourth-order valence-electron chi connectivity index (χ4n) is 2.90. The summed E-state index contributed by atoms with van der Waals surface area (Å²) in [6.07, 6.45) is 1.53. The van der Waals surface area contributed by atoms with Crippen LogP contribution in [0.2, 0.25) is 10.0 Å². The van der Waals surface area contributed by atoms with Crippen LogP contribution in [-0.2, 0) is 4.79 Å². The molecule has 0 fully saturated rings. The van der Waals surface area contributed by atoms with Crippen LogP contribution in [0.1, 0.15) is 11.3 Å². The number of thioether (sulfide) groups is 1. The lowest BCUT2D eigenvalue weighted by Crippen LogP contribution is -2.14. The smallest absolute Gasteiger partial charge is 0.234 e. The Labute approximate surface area is 179 Å². The molecule has 142 valence electrons. The van der Waals surface area contributed by atoms with E-state index in [0.717, 1.165) is 36.7 Å². The molecule has 1 aromatic carbocycles. The van der Waals surface area contributed by atoms with Crippen molar-refractivity contribution < 1.29 is 4.79 Å². The van der Waals surface area contributed by atoms with E-state index in [4.69, 9.17) is 23.2 Å². The lowest BCUT2D eigenvalue weighted by Gasteiger charge is -2.06. The largest absolute Gasteiger partial charge is 0.325 e. The number of amides is 1. The van der Waals surface area contributed by atoms with E-state index in [0.29, 0.717) is 15.7 Å². The molecule has 0 saturated carbocycles. The average molecular weight is 449 g/mol. The second-order valence-electron chi connectivity index (χ2n) is 6.19. The van der Waals surface area contributed by atoms with E-state index >= 15 is 0 Å². The Morgan fingerprint density at radius 3 is 2.79 bits per heavy atom. The van der Waals surface area contributed by atoms with E-state index in [2.05, 4.69) is 27.2 Å². The summed E-state index contributed by atoms with van der Waals surface area (Å²) in [4.78, 5) is 26.7. The number of hydrogen-bond donors (Lipinski definition) is 1. The zero-order valence-corrected chi connectivity index (χ0v) is 18.1. The van der Waals surface area contributed by atoms with Gasteiger partial charge in [-0.15, -0.1) is 11.3 Å². The molecule has 5 nitrogen and oxygen atoms in total. The monoisotopic (exact) mass is 448 g/mol. The van der Waals surface area contributed by atoms with Crippen molar-refractivity contribution >= 4 is 78.3 Å². The number of nitrogens with zero attached hydrogens (tertiary/aromatic N) is 3. The van der Waals surface area contributed by atoms with Crippen molar-refractivity contribution in [3.8, 4) is 0 Å². The molecule has 1 N–H and O–H groups in total. The fraction of sp³-hybridized carbons (Fsp3) is 0.158. The van der Waals surface area contributed by atoms with Crippen molar-refractivity contribution in [1.82, 2.24) is 15.0 Å². The third kappa shape index (κ3) is 3.80. The minimum atomic E-state index is -0.151. The van der Waals surface area contributed by atoms with E-state index in [1.165, 1.54) is 18.1 Å². The van der Waals surface area contributed by atoms with Gasteiger partial charge >= 0.3 is 0 Å². The van der Waals surface area contributed by atoms with Gasteiger partial charge in [-0.2, -0.15) is 0 Å². The van der Waals surface area contributed by atoms with Crippen LogP contribution in [0.5, 0.6) is 0 Å². The Hall–Kier alpha value is -1.93. The quantitative estimate of drug-likeness (QED) is 0.311. The molecule has 3 aromatic heterocycles. The van der Waals surface area contributed by atoms with E-state index in [9.17, 15) is 4.79 Å². The molecule has 4 rings (SSSR count). The van der Waals surface area contributed by atoms with Gasteiger partial charge in [-0.1, -0.05) is 35.0 Å². The predicted octanol–water partition coefficient (Wildman–Crippen LogP) is 5.89. The second kappa shape index (κ2) is 7.83. The zero-order valence-electron chi connectivity index (χ0n) is 14.9. The third-order valence-corrected chi connectivity index (χ3v) is 7.00. The molecule has 0 bridgehead atoms. The van der Waals surface area contributed by atoms with Crippen molar-refractivity contribution in [1.29, 1.82) is 0 Å². The molecule has 0 spiro atoms. The van der Waals surface area contributed by atoms with Crippen LogP contribution in [0.15, 0.2) is 35.6 Å². The highest BCUT2D eigenvalue weighted by molar-refractivity contribution is 8.00. The molecule has 3 heterocycles. The maximum atomic E-state index is 12.3. The van der Waals surface area contributed by atoms with Crippen LogP contribution in [-0.4, -0.2) is 26.6 Å². The van der Waals surface area contributed by atoms with E-state index in [1.54, 1.807) is 29.5 Å². The van der Waals surface area contributed by atoms with Gasteiger partial charge in [0.1, 0.15) is 16.2 Å². The molecule has 0 radical (unpaired) electrons. The first-order chi connectivity index (χ1) is 13.4. The standard InChI is InChI=1S/C19H14Cl2N4OS2/c1-9-5-10(2)24-18-15(9)16-17(28-18)19(23-8-22-16)27-7-14(26)25-11-3-4-12(20)13(21)6-11/h3-6,8H,7H2,1-2H3,(H,25,26). The number of fused-ring (bicyclic) bond motifs is 3. The number of anilines is 1. The van der Waals surface area contributed by atoms with Crippen molar-refractivity contribution in [2.24, 2.45) is 0 Å². The van der Waals surface area contributed by atoms with Gasteiger partial charge in [0.25, 0.3) is 0 Å². The molecule has 9 heteroatoms. The van der Waals surface area contributed by atoms with E-state index in [-0.39, 0.29) is 11.7 Å². The summed E-state index contributed by atoms with van der Waals surface area (Å²) in [5.74, 6) is 0.0629. The summed E-state index contributed by atoms with van der Waals surface area (Å²) in [5, 5.41) is 5.48. The molecule has 0 aliphatic heterocycles. The number of benzene rings is 1. The minimum Gasteiger partial charge on any atom is -0.325 e. The molecule has 0 saturated heterocycles. The van der Waals surface area contributed by atoms with Crippen molar-refractivity contribution in [3.63, 3.8) is 0 Å². The topological polar surface area (TPSA) is 67.8 Å². The van der Waals surface area contributed by atoms with Crippen LogP contribution in [0.3, 0.4) is 0 Å². The van der Waals surface area contributed by atoms with Crippen LogP contribution >= 0.6 is 46.3 Å². The lowest BCUT2D eigenvalue weighted by molar-refractivity contribution is -0.113. The number of hydrogen-bond acceptors (Lipinski definition) is 6. The van der Waals surface area contributed by atoms with Gasteiger partial charge in [0.15, 0.2) is 0 Å². The Kier molecular flexibility index (Phi) is 5.42. The summed E-state index contributed by atoms with van der Waals surface area (Å²) >= 11 is 14.8. The van der Waals surface area contributed by atoms with Crippen LogP contribution in [0.4, 0.5) is 5.69 Å². The van der Waals surface area contributed by atoms with Gasteiger partial charge in [-0.05, 0) is 43.7 Å². The molecule has 1 amide bonds. The fourth-order valence-corrected chi connectivity index (χ4v) is 5.32. The van der Waals surface area contributed by atoms with Gasteiger partial charge in [-0.3, -0.25) is 4.79 Å². The Bertz CT molecular complexity index is 1230. The summed E-state index contributed by atoms with van der Waals surface area (Å²) in [6, 6.07) is 7.03. The van der Waals surface area contributed by atoms with Gasteiger partial charge in [0.05, 0.1) is 26.0 Å². The SMILES string of the molecule is Cc1cc(C)c2c(n1)sc1c(SCC(=O)Nc3ccc(Cl)c(Cl)c3)ncnc12. The Morgan fingerprint density at radius 2 is 2.00 bits per heavy atom. The van der Waals surface area contributed by atoms with Crippen LogP contribution in [0.25, 0.3) is 20.4 Å². The first kappa shape index (κ1) is 19.4. The second-order valence-corrected chi connectivity index (χ2v) is 8.96. The van der Waals surface area contributed by atoms with E-state index in [1.807, 2.05) is 13.0 Å². The van der Waals surface area contributed by atoms with Gasteiger partial charge < -0.3 is 5.32 Å². The number of aryl methyl sites for hydroxylation is 2. The summed E-state index contributed by atoms with van der Waals surface area (Å²) < 4.78 is 0.950. The maximum Gasteiger partial charge on any atom is 0.234 e. The van der Waals surface area contributed by atoms with Gasteiger partial charge in [0, 0.05) is 16.8 Å². The molecule has 0 unspecified atom stereocenters. The maximum absolute atomic E-state index is 12.3. The Morgan fingerprint density at radius 1 is 1.18 bits per heavy atom. The van der Waals surface area contributed by atoms with E-state index < -0.39 is 0 Å². The lowest BCUT2D eigenvalue weighted by atomic mass is 10.1. The van der Waals surface area contributed by atoms with Crippen molar-refractivity contribution in [2.45, 2.75) is 18.9 Å². The average Bonchev–Trinajstić information content (AvgIpc) is 3.02. The number of thiophene rings is 1. The molecular weight excluding hydrogens is 435 g/mol. The predicted molar refractivity (Wildman–Crippen MR) is 118 cm³/mol. The number of carbonyl (C=O) groups excluding carboxylic acids is 1. The normalized spacial score (nSPS) is 11.3. The summed E-state index contributed by atoms with van der Waals surface area (Å²) in [6.45, 7) is 4.04. The number of halogens is 2. The van der Waals surface area contributed by atoms with Crippen molar-refractivity contribution in [2.75, 3.05) is 11.1 Å². The third-order valence-electron chi connectivity index (χ3n) is 4.06. The Balaban J connectivity index is 1.57. The number of carbonyl (C=O) groups is 1. The first-order valence-electron chi connectivity index (χ1n) is 8.31. The number of rotatable bonds is 4. The highest BCUT2D eigenvalue weighted by Gasteiger charge is 2.16. The number of nitrogens with one attached hydrogen (secondary N) is 1. The minimum absolute atomic E-state index is 0.151. The highest BCUT2D eigenvalue weighted by Crippen LogP contribution is 2.38. The first-order valence-corrected chi connectivity index (χ1v) is 10.9. The summed E-state index contributed by atoms with van der Waals surface area (Å²) in [5.41, 5.74) is 3.60. The van der Waals surface area contributed by atoms with Gasteiger partial charge in [0.2, 0.25) is 5.91 Å². The molecule has 28 heavy (non-hydrogen) atoms. The number of pyridine rings is 1. The van der Waals surface area contributed by atoms with Crippen LogP contribution in [0, 0.1) is 13.8 Å². The molecular formula is C19H14Cl2N4OS2. The summed E-state index contributed by atoms with van der Waals surface area (Å²) in [7, 11) is 0. The molecule has 0 aliphatic rings. The van der Waals surface area contributed by atoms with Gasteiger partial charge in [-0.25, -0.2) is 15.0 Å². The highest BCUT2D eigenvalue weighted by atomic mass is 35.5. The molecule has 0 atom stereocenters. The van der Waals surface area contributed by atoms with Crippen molar-refractivity contribution in [3.05, 3.63) is 51.9 Å². The van der Waals surface area contributed by atoms with Crippen LogP contribution < -0.4 is 5.32 Å².